The standard InChI is InChI=1S/C20H22Cl2N2O4S/c1-28-18-8-6-17(7-9-18)23-20(25)14-3-2-10-24(12-14)29(26,27)13-15-4-5-16(21)11-19(15)22/h4-9,11,14H,2-3,10,12-13H2,1H3,(H,23,25). The average molecular weight is 457 g/mol. The van der Waals surface area contributed by atoms with Crippen LogP contribution in [0.5, 0.6) is 5.75 Å². The summed E-state index contributed by atoms with van der Waals surface area (Å²) in [5.41, 5.74) is 1.13. The molecule has 0 aromatic heterocycles. The van der Waals surface area contributed by atoms with Gasteiger partial charge in [-0.05, 0) is 54.8 Å². The van der Waals surface area contributed by atoms with Crippen molar-refractivity contribution in [2.24, 2.45) is 5.92 Å². The Morgan fingerprint density at radius 2 is 1.93 bits per heavy atom. The van der Waals surface area contributed by atoms with Crippen molar-refractivity contribution in [2.45, 2.75) is 18.6 Å². The number of benzene rings is 2. The molecule has 1 saturated heterocycles. The van der Waals surface area contributed by atoms with Crippen molar-refractivity contribution in [3.8, 4) is 5.75 Å². The molecule has 0 bridgehead atoms. The number of carbonyl (C=O) groups excluding carboxylic acids is 1. The zero-order valence-electron chi connectivity index (χ0n) is 15.9. The number of amides is 1. The number of sulfonamides is 1. The fraction of sp³-hybridized carbons (Fsp3) is 0.350. The van der Waals surface area contributed by atoms with E-state index in [9.17, 15) is 13.2 Å². The maximum absolute atomic E-state index is 12.9. The second-order valence-corrected chi connectivity index (χ2v) is 9.72. The van der Waals surface area contributed by atoms with Gasteiger partial charge >= 0.3 is 0 Å². The van der Waals surface area contributed by atoms with Gasteiger partial charge in [0, 0.05) is 28.8 Å². The lowest BCUT2D eigenvalue weighted by Gasteiger charge is -2.31. The van der Waals surface area contributed by atoms with Gasteiger partial charge in [0.25, 0.3) is 0 Å². The monoisotopic (exact) mass is 456 g/mol. The zero-order valence-corrected chi connectivity index (χ0v) is 18.2. The molecule has 6 nitrogen and oxygen atoms in total. The van der Waals surface area contributed by atoms with Gasteiger partial charge < -0.3 is 10.1 Å². The Morgan fingerprint density at radius 1 is 1.21 bits per heavy atom. The summed E-state index contributed by atoms with van der Waals surface area (Å²) in [6, 6.07) is 11.7. The van der Waals surface area contributed by atoms with Crippen LogP contribution in [0, 0.1) is 5.92 Å². The molecule has 2 aromatic rings. The number of nitrogens with one attached hydrogen (secondary N) is 1. The fourth-order valence-electron chi connectivity index (χ4n) is 3.25. The first-order chi connectivity index (χ1) is 13.8. The Hall–Kier alpha value is -1.80. The number of carbonyl (C=O) groups is 1. The van der Waals surface area contributed by atoms with Gasteiger partial charge in [0.05, 0.1) is 18.8 Å². The largest absolute Gasteiger partial charge is 0.497 e. The number of nitrogens with zero attached hydrogens (tertiary/aromatic N) is 1. The molecule has 0 spiro atoms. The van der Waals surface area contributed by atoms with E-state index in [1.807, 2.05) is 0 Å². The fourth-order valence-corrected chi connectivity index (χ4v) is 5.45. The molecule has 9 heteroatoms. The number of piperidine rings is 1. The van der Waals surface area contributed by atoms with E-state index in [0.717, 1.165) is 0 Å². The number of anilines is 1. The highest BCUT2D eigenvalue weighted by Crippen LogP contribution is 2.27. The Labute approximate surface area is 180 Å². The van der Waals surface area contributed by atoms with E-state index in [1.165, 1.54) is 10.4 Å². The molecule has 1 unspecified atom stereocenters. The van der Waals surface area contributed by atoms with E-state index in [1.54, 1.807) is 43.5 Å². The maximum atomic E-state index is 12.9. The SMILES string of the molecule is COc1ccc(NC(=O)C2CCCN(S(=O)(=O)Cc3ccc(Cl)cc3Cl)C2)cc1. The quantitative estimate of drug-likeness (QED) is 0.706. The lowest BCUT2D eigenvalue weighted by atomic mass is 9.99. The van der Waals surface area contributed by atoms with E-state index in [4.69, 9.17) is 27.9 Å². The third kappa shape index (κ3) is 5.63. The molecule has 2 aromatic carbocycles. The molecule has 0 radical (unpaired) electrons. The minimum absolute atomic E-state index is 0.148. The third-order valence-corrected chi connectivity index (χ3v) is 7.24. The van der Waals surface area contributed by atoms with Gasteiger partial charge in [0.1, 0.15) is 5.75 Å². The molecule has 1 aliphatic rings. The van der Waals surface area contributed by atoms with Crippen LogP contribution < -0.4 is 10.1 Å². The first-order valence-corrected chi connectivity index (χ1v) is 11.5. The minimum Gasteiger partial charge on any atom is -0.497 e. The normalized spacial score (nSPS) is 17.7. The summed E-state index contributed by atoms with van der Waals surface area (Å²) >= 11 is 12.0. The van der Waals surface area contributed by atoms with Crippen molar-refractivity contribution >= 4 is 44.8 Å². The van der Waals surface area contributed by atoms with Crippen molar-refractivity contribution in [2.75, 3.05) is 25.5 Å². The summed E-state index contributed by atoms with van der Waals surface area (Å²) in [5, 5.41) is 3.61. The molecule has 3 rings (SSSR count). The van der Waals surface area contributed by atoms with Crippen LogP contribution in [0.2, 0.25) is 10.0 Å². The van der Waals surface area contributed by atoms with Crippen molar-refractivity contribution in [3.63, 3.8) is 0 Å². The van der Waals surface area contributed by atoms with Crippen LogP contribution >= 0.6 is 23.2 Å². The van der Waals surface area contributed by atoms with Crippen molar-refractivity contribution in [3.05, 3.63) is 58.1 Å². The summed E-state index contributed by atoms with van der Waals surface area (Å²) in [6.07, 6.45) is 1.25. The van der Waals surface area contributed by atoms with Gasteiger partial charge in [-0.2, -0.15) is 0 Å². The molecule has 156 valence electrons. The van der Waals surface area contributed by atoms with Gasteiger partial charge in [-0.25, -0.2) is 12.7 Å². The molecule has 0 saturated carbocycles. The van der Waals surface area contributed by atoms with E-state index >= 15 is 0 Å². The molecular weight excluding hydrogens is 435 g/mol. The van der Waals surface area contributed by atoms with E-state index in [2.05, 4.69) is 5.32 Å². The molecule has 1 aliphatic heterocycles. The maximum Gasteiger partial charge on any atom is 0.228 e. The first kappa shape index (κ1) is 21.9. The van der Waals surface area contributed by atoms with Gasteiger partial charge in [-0.3, -0.25) is 4.79 Å². The summed E-state index contributed by atoms with van der Waals surface area (Å²) in [4.78, 5) is 12.6. The Morgan fingerprint density at radius 3 is 2.59 bits per heavy atom. The lowest BCUT2D eigenvalue weighted by Crippen LogP contribution is -2.44. The highest BCUT2D eigenvalue weighted by atomic mass is 35.5. The highest BCUT2D eigenvalue weighted by molar-refractivity contribution is 7.88. The number of ether oxygens (including phenoxy) is 1. The smallest absolute Gasteiger partial charge is 0.228 e. The highest BCUT2D eigenvalue weighted by Gasteiger charge is 2.32. The zero-order chi connectivity index (χ0) is 21.0. The van der Waals surface area contributed by atoms with Crippen LogP contribution in [0.3, 0.4) is 0 Å². The molecular formula is C20H22Cl2N2O4S. The number of hydrogen-bond acceptors (Lipinski definition) is 4. The molecule has 1 fully saturated rings. The second-order valence-electron chi connectivity index (χ2n) is 6.91. The van der Waals surface area contributed by atoms with Crippen molar-refractivity contribution in [1.29, 1.82) is 0 Å². The van der Waals surface area contributed by atoms with Crippen LogP contribution in [0.4, 0.5) is 5.69 Å². The van der Waals surface area contributed by atoms with E-state index < -0.39 is 15.9 Å². The summed E-state index contributed by atoms with van der Waals surface area (Å²) in [5.74, 6) is -0.143. The Bertz CT molecular complexity index is 980. The molecule has 1 amide bonds. The average Bonchev–Trinajstić information content (AvgIpc) is 2.71. The predicted octanol–water partition coefficient (Wildman–Crippen LogP) is 4.18. The number of rotatable bonds is 6. The Balaban J connectivity index is 1.66. The van der Waals surface area contributed by atoms with Gasteiger partial charge in [-0.1, -0.05) is 29.3 Å². The van der Waals surface area contributed by atoms with Crippen LogP contribution in [0.15, 0.2) is 42.5 Å². The van der Waals surface area contributed by atoms with Crippen molar-refractivity contribution in [1.82, 2.24) is 4.31 Å². The Kier molecular flexibility index (Phi) is 7.05. The number of halogens is 2. The summed E-state index contributed by atoms with van der Waals surface area (Å²) < 4.78 is 32.2. The first-order valence-electron chi connectivity index (χ1n) is 9.15. The van der Waals surface area contributed by atoms with Crippen LogP contribution in [0.25, 0.3) is 0 Å². The predicted molar refractivity (Wildman–Crippen MR) is 115 cm³/mol. The molecule has 1 heterocycles. The number of hydrogen-bond donors (Lipinski definition) is 1. The second kappa shape index (κ2) is 9.34. The lowest BCUT2D eigenvalue weighted by molar-refractivity contribution is -0.120. The van der Waals surface area contributed by atoms with Gasteiger partial charge in [0.15, 0.2) is 0 Å². The minimum atomic E-state index is -3.61. The molecule has 29 heavy (non-hydrogen) atoms. The van der Waals surface area contributed by atoms with Gasteiger partial charge in [0.2, 0.25) is 15.9 Å². The van der Waals surface area contributed by atoms with Crippen molar-refractivity contribution < 1.29 is 17.9 Å². The van der Waals surface area contributed by atoms with E-state index in [-0.39, 0.29) is 18.2 Å². The van der Waals surface area contributed by atoms with Crippen LogP contribution in [-0.4, -0.2) is 38.8 Å². The van der Waals surface area contributed by atoms with E-state index in [0.29, 0.717) is 46.4 Å². The van der Waals surface area contributed by atoms with Gasteiger partial charge in [-0.15, -0.1) is 0 Å². The van der Waals surface area contributed by atoms with Crippen LogP contribution in [-0.2, 0) is 20.6 Å². The summed E-state index contributed by atoms with van der Waals surface area (Å²) in [7, 11) is -2.04. The third-order valence-electron chi connectivity index (χ3n) is 4.86. The summed E-state index contributed by atoms with van der Waals surface area (Å²) in [6.45, 7) is 0.537. The number of methoxy groups -OCH3 is 1. The molecule has 1 N–H and O–H groups in total. The molecule has 1 atom stereocenters. The topological polar surface area (TPSA) is 75.7 Å². The van der Waals surface area contributed by atoms with Crippen LogP contribution in [0.1, 0.15) is 18.4 Å². The molecule has 0 aliphatic carbocycles.